The highest BCUT2D eigenvalue weighted by molar-refractivity contribution is 6.35. The molecule has 0 aliphatic carbocycles. The van der Waals surface area contributed by atoms with E-state index < -0.39 is 0 Å². The highest BCUT2D eigenvalue weighted by atomic mass is 35.5. The van der Waals surface area contributed by atoms with Gasteiger partial charge < -0.3 is 9.84 Å². The smallest absolute Gasteiger partial charge is 0.199 e. The molecule has 2 N–H and O–H groups in total. The fourth-order valence-electron chi connectivity index (χ4n) is 1.90. The Balaban J connectivity index is 1.70. The summed E-state index contributed by atoms with van der Waals surface area (Å²) in [5.74, 6) is 1.37. The summed E-state index contributed by atoms with van der Waals surface area (Å²) in [5.41, 5.74) is 1.30. The van der Waals surface area contributed by atoms with E-state index in [4.69, 9.17) is 33.0 Å². The number of ether oxygens (including phenoxy) is 1. The molecule has 0 bridgehead atoms. The number of hydrogen-bond donors (Lipinski definition) is 2. The number of rotatable bonds is 5. The van der Waals surface area contributed by atoms with E-state index >= 15 is 0 Å². The zero-order valence-electron chi connectivity index (χ0n) is 11.8. The maximum atomic E-state index is 8.97. The second-order valence-corrected chi connectivity index (χ2v) is 5.45. The van der Waals surface area contributed by atoms with Crippen LogP contribution in [0.2, 0.25) is 10.0 Å². The molecule has 0 unspecified atom stereocenters. The van der Waals surface area contributed by atoms with E-state index in [9.17, 15) is 0 Å². The molecule has 0 fully saturated rings. The van der Waals surface area contributed by atoms with Crippen molar-refractivity contribution in [3.8, 4) is 17.3 Å². The van der Waals surface area contributed by atoms with Crippen LogP contribution < -0.4 is 4.74 Å². The van der Waals surface area contributed by atoms with Crippen molar-refractivity contribution < 1.29 is 9.84 Å². The number of pyridine rings is 1. The first-order valence-corrected chi connectivity index (χ1v) is 7.47. The Bertz CT molecular complexity index is 785. The van der Waals surface area contributed by atoms with Crippen LogP contribution in [0.3, 0.4) is 0 Å². The minimum atomic E-state index is -0.202. The van der Waals surface area contributed by atoms with E-state index in [1.165, 1.54) is 0 Å². The highest BCUT2D eigenvalue weighted by Crippen LogP contribution is 2.26. The zero-order valence-corrected chi connectivity index (χ0v) is 13.3. The summed E-state index contributed by atoms with van der Waals surface area (Å²) in [6.07, 6.45) is 1.56. The van der Waals surface area contributed by atoms with E-state index in [1.807, 2.05) is 0 Å². The summed E-state index contributed by atoms with van der Waals surface area (Å²) in [7, 11) is 0. The van der Waals surface area contributed by atoms with Gasteiger partial charge in [0.2, 0.25) is 0 Å². The number of hydrogen-bond acceptors (Lipinski definition) is 5. The number of aromatic nitrogens is 4. The highest BCUT2D eigenvalue weighted by Gasteiger charge is 2.09. The Morgan fingerprint density at radius 1 is 1.13 bits per heavy atom. The first-order chi connectivity index (χ1) is 11.2. The minimum Gasteiger partial charge on any atom is -0.487 e. The molecule has 2 heterocycles. The van der Waals surface area contributed by atoms with Gasteiger partial charge in [-0.25, -0.2) is 9.97 Å². The number of halogens is 2. The summed E-state index contributed by atoms with van der Waals surface area (Å²) >= 11 is 12.2. The van der Waals surface area contributed by atoms with Crippen LogP contribution in [0, 0.1) is 0 Å². The molecule has 0 spiro atoms. The second-order valence-electron chi connectivity index (χ2n) is 4.63. The lowest BCUT2D eigenvalue weighted by molar-refractivity contribution is 0.272. The van der Waals surface area contributed by atoms with Gasteiger partial charge in [-0.2, -0.15) is 5.10 Å². The van der Waals surface area contributed by atoms with Gasteiger partial charge in [-0.3, -0.25) is 5.10 Å². The quantitative estimate of drug-likeness (QED) is 0.737. The molecule has 0 saturated heterocycles. The lowest BCUT2D eigenvalue weighted by Gasteiger charge is -2.09. The third-order valence-electron chi connectivity index (χ3n) is 3.09. The van der Waals surface area contributed by atoms with Crippen molar-refractivity contribution in [2.45, 2.75) is 13.2 Å². The number of nitrogens with one attached hydrogen (secondary N) is 1. The van der Waals surface area contributed by atoms with Crippen LogP contribution in [0.25, 0.3) is 11.5 Å². The fourth-order valence-corrected chi connectivity index (χ4v) is 2.41. The van der Waals surface area contributed by atoms with Gasteiger partial charge in [0, 0.05) is 15.6 Å². The minimum absolute atomic E-state index is 0.202. The summed E-state index contributed by atoms with van der Waals surface area (Å²) in [6, 6.07) is 8.78. The average molecular weight is 351 g/mol. The standard InChI is InChI=1S/C15H12Cl2N4O2/c16-11-2-1-3-12(17)10(11)8-23-9-4-5-13(18-6-9)15-19-14(7-22)20-21-15/h1-6,22H,7-8H2,(H,19,20,21). The number of nitrogens with zero attached hydrogens (tertiary/aromatic N) is 3. The predicted octanol–water partition coefficient (Wildman–Crippen LogP) is 3.24. The summed E-state index contributed by atoms with van der Waals surface area (Å²) in [5, 5.41) is 16.7. The van der Waals surface area contributed by atoms with Crippen molar-refractivity contribution >= 4 is 23.2 Å². The molecule has 2 aromatic heterocycles. The molecule has 1 aromatic carbocycles. The van der Waals surface area contributed by atoms with Gasteiger partial charge >= 0.3 is 0 Å². The van der Waals surface area contributed by atoms with Gasteiger partial charge in [0.15, 0.2) is 11.6 Å². The van der Waals surface area contributed by atoms with Crippen LogP contribution in [-0.4, -0.2) is 25.3 Å². The van der Waals surface area contributed by atoms with E-state index in [0.717, 1.165) is 5.56 Å². The topological polar surface area (TPSA) is 83.9 Å². The van der Waals surface area contributed by atoms with E-state index in [2.05, 4.69) is 20.2 Å². The van der Waals surface area contributed by atoms with Gasteiger partial charge in [-0.15, -0.1) is 0 Å². The fraction of sp³-hybridized carbons (Fsp3) is 0.133. The Kier molecular flexibility index (Phi) is 4.76. The molecule has 0 atom stereocenters. The SMILES string of the molecule is OCc1nc(-c2ccc(OCc3c(Cl)cccc3Cl)cn2)n[nH]1. The maximum Gasteiger partial charge on any atom is 0.199 e. The average Bonchev–Trinajstić information content (AvgIpc) is 3.04. The van der Waals surface area contributed by atoms with Crippen molar-refractivity contribution in [3.63, 3.8) is 0 Å². The largest absolute Gasteiger partial charge is 0.487 e. The number of H-pyrrole nitrogens is 1. The number of aliphatic hydroxyl groups is 1. The molecule has 6 nitrogen and oxygen atoms in total. The monoisotopic (exact) mass is 350 g/mol. The van der Waals surface area contributed by atoms with E-state index in [0.29, 0.717) is 33.1 Å². The summed E-state index contributed by atoms with van der Waals surface area (Å²) in [6.45, 7) is 0.0433. The molecule has 3 aromatic rings. The molecule has 0 saturated carbocycles. The Morgan fingerprint density at radius 3 is 2.52 bits per heavy atom. The van der Waals surface area contributed by atoms with Crippen LogP contribution in [0.4, 0.5) is 0 Å². The molecule has 8 heteroatoms. The molecule has 23 heavy (non-hydrogen) atoms. The maximum absolute atomic E-state index is 8.97. The number of aromatic amines is 1. The van der Waals surface area contributed by atoms with Gasteiger partial charge in [0.05, 0.1) is 6.20 Å². The van der Waals surface area contributed by atoms with Crippen LogP contribution in [0.1, 0.15) is 11.4 Å². The predicted molar refractivity (Wildman–Crippen MR) is 86.3 cm³/mol. The summed E-state index contributed by atoms with van der Waals surface area (Å²) in [4.78, 5) is 8.33. The van der Waals surface area contributed by atoms with Crippen LogP contribution in [-0.2, 0) is 13.2 Å². The van der Waals surface area contributed by atoms with E-state index in [1.54, 1.807) is 36.5 Å². The molecule has 0 radical (unpaired) electrons. The third kappa shape index (κ3) is 3.61. The first-order valence-electron chi connectivity index (χ1n) is 6.71. The zero-order chi connectivity index (χ0) is 16.2. The summed E-state index contributed by atoms with van der Waals surface area (Å²) < 4.78 is 5.65. The van der Waals surface area contributed by atoms with Gasteiger partial charge in [0.1, 0.15) is 24.7 Å². The van der Waals surface area contributed by atoms with Crippen molar-refractivity contribution in [1.82, 2.24) is 20.2 Å². The van der Waals surface area contributed by atoms with Crippen LogP contribution in [0.5, 0.6) is 5.75 Å². The van der Waals surface area contributed by atoms with Crippen molar-refractivity contribution in [2.75, 3.05) is 0 Å². The van der Waals surface area contributed by atoms with Gasteiger partial charge in [-0.1, -0.05) is 29.3 Å². The van der Waals surface area contributed by atoms with Gasteiger partial charge in [-0.05, 0) is 24.3 Å². The van der Waals surface area contributed by atoms with Gasteiger partial charge in [0.25, 0.3) is 0 Å². The molecule has 0 aliphatic heterocycles. The van der Waals surface area contributed by atoms with Crippen molar-refractivity contribution in [3.05, 3.63) is 58.0 Å². The number of benzene rings is 1. The molecular weight excluding hydrogens is 339 g/mol. The Labute approximate surface area is 142 Å². The Morgan fingerprint density at radius 2 is 1.91 bits per heavy atom. The third-order valence-corrected chi connectivity index (χ3v) is 3.80. The van der Waals surface area contributed by atoms with Crippen molar-refractivity contribution in [2.24, 2.45) is 0 Å². The normalized spacial score (nSPS) is 10.7. The number of aliphatic hydroxyl groups excluding tert-OH is 1. The molecule has 3 rings (SSSR count). The lowest BCUT2D eigenvalue weighted by Crippen LogP contribution is -1.98. The molecular formula is C15H12Cl2N4O2. The van der Waals surface area contributed by atoms with E-state index in [-0.39, 0.29) is 13.2 Å². The molecule has 0 aliphatic rings. The van der Waals surface area contributed by atoms with Crippen LogP contribution >= 0.6 is 23.2 Å². The van der Waals surface area contributed by atoms with Crippen molar-refractivity contribution in [1.29, 1.82) is 0 Å². The second kappa shape index (κ2) is 6.95. The first kappa shape index (κ1) is 15.7. The lowest BCUT2D eigenvalue weighted by atomic mass is 10.2. The Hall–Kier alpha value is -2.15. The van der Waals surface area contributed by atoms with Crippen LogP contribution in [0.15, 0.2) is 36.5 Å². The molecule has 0 amide bonds. The molecule has 118 valence electrons.